The first kappa shape index (κ1) is 20.9. The van der Waals surface area contributed by atoms with E-state index in [-0.39, 0.29) is 11.9 Å². The molecule has 2 aliphatic rings. The van der Waals surface area contributed by atoms with Gasteiger partial charge in [0.1, 0.15) is 0 Å². The van der Waals surface area contributed by atoms with Gasteiger partial charge in [-0.15, -0.1) is 0 Å². The van der Waals surface area contributed by atoms with E-state index in [0.29, 0.717) is 49.6 Å². The van der Waals surface area contributed by atoms with Gasteiger partial charge in [0.05, 0.1) is 12.2 Å². The van der Waals surface area contributed by atoms with Gasteiger partial charge in [0.15, 0.2) is 5.15 Å². The monoisotopic (exact) mass is 407 g/mol. The molecule has 28 heavy (non-hydrogen) atoms. The Hall–Kier alpha value is -1.86. The molecule has 7 nitrogen and oxygen atoms in total. The number of nitrogens with one attached hydrogen (secondary N) is 1. The molecule has 0 spiro atoms. The van der Waals surface area contributed by atoms with Gasteiger partial charge in [-0.05, 0) is 51.7 Å². The molecule has 0 saturated carbocycles. The van der Waals surface area contributed by atoms with Crippen LogP contribution in [-0.2, 0) is 4.79 Å². The Morgan fingerprint density at radius 1 is 1.18 bits per heavy atom. The van der Waals surface area contributed by atoms with Crippen molar-refractivity contribution in [2.24, 2.45) is 0 Å². The number of amides is 3. The lowest BCUT2D eigenvalue weighted by Crippen LogP contribution is -2.53. The van der Waals surface area contributed by atoms with Gasteiger partial charge in [-0.3, -0.25) is 9.69 Å². The molecular formula is C20H30ClN5O2. The van der Waals surface area contributed by atoms with Crippen LogP contribution in [0.4, 0.5) is 10.5 Å². The van der Waals surface area contributed by atoms with Crippen LogP contribution in [0.1, 0.15) is 37.4 Å². The number of halogens is 1. The summed E-state index contributed by atoms with van der Waals surface area (Å²) in [7, 11) is 0. The lowest BCUT2D eigenvalue weighted by molar-refractivity contribution is -0.136. The lowest BCUT2D eigenvalue weighted by atomic mass is 10.0. The molecule has 3 heterocycles. The van der Waals surface area contributed by atoms with E-state index in [2.05, 4.69) is 22.1 Å². The largest absolute Gasteiger partial charge is 0.339 e. The third-order valence-corrected chi connectivity index (χ3v) is 5.95. The zero-order valence-corrected chi connectivity index (χ0v) is 17.8. The van der Waals surface area contributed by atoms with E-state index < -0.39 is 0 Å². The smallest absolute Gasteiger partial charge is 0.322 e. The first-order chi connectivity index (χ1) is 13.3. The number of urea groups is 1. The van der Waals surface area contributed by atoms with Crippen molar-refractivity contribution in [3.05, 3.63) is 22.5 Å². The second-order valence-electron chi connectivity index (χ2n) is 7.87. The van der Waals surface area contributed by atoms with E-state index in [1.165, 1.54) is 6.42 Å². The normalized spacial score (nSPS) is 20.9. The van der Waals surface area contributed by atoms with Crippen molar-refractivity contribution in [2.45, 2.75) is 46.1 Å². The molecule has 0 aromatic carbocycles. The predicted molar refractivity (Wildman–Crippen MR) is 111 cm³/mol. The lowest BCUT2D eigenvalue weighted by Gasteiger charge is -2.38. The number of pyridine rings is 1. The molecule has 0 bridgehead atoms. The number of aromatic nitrogens is 1. The molecule has 0 aliphatic carbocycles. The summed E-state index contributed by atoms with van der Waals surface area (Å²) in [6, 6.07) is 2.06. The Labute approximate surface area is 172 Å². The molecule has 0 radical (unpaired) electrons. The average Bonchev–Trinajstić information content (AvgIpc) is 2.65. The Morgan fingerprint density at radius 3 is 2.54 bits per heavy atom. The van der Waals surface area contributed by atoms with Crippen molar-refractivity contribution in [2.75, 3.05) is 44.6 Å². The highest BCUT2D eigenvalue weighted by Crippen LogP contribution is 2.25. The fraction of sp³-hybridized carbons (Fsp3) is 0.650. The highest BCUT2D eigenvalue weighted by molar-refractivity contribution is 6.32. The Kier molecular flexibility index (Phi) is 6.78. The highest BCUT2D eigenvalue weighted by Gasteiger charge is 2.27. The minimum Gasteiger partial charge on any atom is -0.339 e. The standard InChI is InChI=1S/C20H30ClN5O2/c1-14-12-15(2)22-19(21)18(14)23-20(28)25-10-8-24(9-11-25)13-17(27)26-7-5-4-6-16(26)3/h12,16H,4-11,13H2,1-3H3,(H,23,28)/t16-/m1/s1. The summed E-state index contributed by atoms with van der Waals surface area (Å²) < 4.78 is 0. The van der Waals surface area contributed by atoms with Crippen molar-refractivity contribution < 1.29 is 9.59 Å². The van der Waals surface area contributed by atoms with Crippen molar-refractivity contribution in [1.82, 2.24) is 19.7 Å². The topological polar surface area (TPSA) is 68.8 Å². The third-order valence-electron chi connectivity index (χ3n) is 5.67. The molecule has 8 heteroatoms. The molecule has 2 saturated heterocycles. The van der Waals surface area contributed by atoms with Gasteiger partial charge in [-0.2, -0.15) is 0 Å². The van der Waals surface area contributed by atoms with Crippen LogP contribution in [-0.4, -0.2) is 76.9 Å². The summed E-state index contributed by atoms with van der Waals surface area (Å²) in [5.41, 5.74) is 2.28. The van der Waals surface area contributed by atoms with Crippen LogP contribution >= 0.6 is 11.6 Å². The van der Waals surface area contributed by atoms with Crippen molar-refractivity contribution in [3.63, 3.8) is 0 Å². The van der Waals surface area contributed by atoms with E-state index >= 15 is 0 Å². The van der Waals surface area contributed by atoms with Crippen molar-refractivity contribution in [3.8, 4) is 0 Å². The number of carbonyl (C=O) groups excluding carboxylic acids is 2. The van der Waals surface area contributed by atoms with E-state index in [0.717, 1.165) is 30.6 Å². The van der Waals surface area contributed by atoms with E-state index in [9.17, 15) is 9.59 Å². The molecule has 1 aromatic rings. The fourth-order valence-electron chi connectivity index (χ4n) is 3.99. The summed E-state index contributed by atoms with van der Waals surface area (Å²) in [5.74, 6) is 0.207. The van der Waals surface area contributed by atoms with E-state index in [4.69, 9.17) is 11.6 Å². The molecule has 1 aromatic heterocycles. The number of rotatable bonds is 3. The molecular weight excluding hydrogens is 378 g/mol. The van der Waals surface area contributed by atoms with Crippen LogP contribution < -0.4 is 5.32 Å². The second kappa shape index (κ2) is 9.09. The molecule has 2 aliphatic heterocycles. The summed E-state index contributed by atoms with van der Waals surface area (Å²) in [6.07, 6.45) is 3.40. The SMILES string of the molecule is Cc1cc(C)c(NC(=O)N2CCN(CC(=O)N3CCCC[C@H]3C)CC2)c(Cl)n1. The van der Waals surface area contributed by atoms with Crippen LogP contribution in [0, 0.1) is 13.8 Å². The molecule has 3 rings (SSSR count). The molecule has 0 unspecified atom stereocenters. The van der Waals surface area contributed by atoms with Crippen molar-refractivity contribution >= 4 is 29.2 Å². The Balaban J connectivity index is 1.50. The minimum absolute atomic E-state index is 0.175. The molecule has 1 atom stereocenters. The summed E-state index contributed by atoms with van der Waals surface area (Å²) in [4.78, 5) is 35.3. The number of hydrogen-bond acceptors (Lipinski definition) is 4. The zero-order chi connectivity index (χ0) is 20.3. The van der Waals surface area contributed by atoms with Gasteiger partial charge < -0.3 is 15.1 Å². The third kappa shape index (κ3) is 4.94. The van der Waals surface area contributed by atoms with Gasteiger partial charge in [-0.25, -0.2) is 9.78 Å². The summed E-state index contributed by atoms with van der Waals surface area (Å²) in [5, 5.41) is 3.20. The fourth-order valence-corrected chi connectivity index (χ4v) is 4.32. The van der Waals surface area contributed by atoms with E-state index in [1.54, 1.807) is 4.90 Å². The van der Waals surface area contributed by atoms with Crippen LogP contribution in [0.2, 0.25) is 5.15 Å². The first-order valence-electron chi connectivity index (χ1n) is 10.1. The van der Waals surface area contributed by atoms with Crippen LogP contribution in [0.5, 0.6) is 0 Å². The number of likely N-dealkylation sites (tertiary alicyclic amines) is 1. The number of nitrogens with zero attached hydrogens (tertiary/aromatic N) is 4. The maximum atomic E-state index is 12.6. The van der Waals surface area contributed by atoms with Crippen molar-refractivity contribution in [1.29, 1.82) is 0 Å². The minimum atomic E-state index is -0.175. The molecule has 3 amide bonds. The molecule has 154 valence electrons. The quantitative estimate of drug-likeness (QED) is 0.782. The van der Waals surface area contributed by atoms with Crippen LogP contribution in [0.3, 0.4) is 0 Å². The maximum absolute atomic E-state index is 12.6. The number of hydrogen-bond donors (Lipinski definition) is 1. The van der Waals surface area contributed by atoms with Gasteiger partial charge in [0, 0.05) is 44.5 Å². The van der Waals surface area contributed by atoms with Crippen LogP contribution in [0.25, 0.3) is 0 Å². The van der Waals surface area contributed by atoms with Crippen LogP contribution in [0.15, 0.2) is 6.07 Å². The van der Waals surface area contributed by atoms with E-state index in [1.807, 2.05) is 24.8 Å². The van der Waals surface area contributed by atoms with Gasteiger partial charge in [0.25, 0.3) is 0 Å². The zero-order valence-electron chi connectivity index (χ0n) is 17.0. The maximum Gasteiger partial charge on any atom is 0.322 e. The number of piperidine rings is 1. The van der Waals surface area contributed by atoms with Gasteiger partial charge in [-0.1, -0.05) is 11.6 Å². The second-order valence-corrected chi connectivity index (χ2v) is 8.23. The Morgan fingerprint density at radius 2 is 1.89 bits per heavy atom. The summed E-state index contributed by atoms with van der Waals surface area (Å²) >= 11 is 6.19. The number of piperazine rings is 1. The number of aryl methyl sites for hydroxylation is 2. The first-order valence-corrected chi connectivity index (χ1v) is 10.4. The van der Waals surface area contributed by atoms with Gasteiger partial charge in [0.2, 0.25) is 5.91 Å². The average molecular weight is 408 g/mol. The predicted octanol–water partition coefficient (Wildman–Crippen LogP) is 2.90. The van der Waals surface area contributed by atoms with Gasteiger partial charge >= 0.3 is 6.03 Å². The molecule has 2 fully saturated rings. The number of anilines is 1. The highest BCUT2D eigenvalue weighted by atomic mass is 35.5. The summed E-state index contributed by atoms with van der Waals surface area (Å²) in [6.45, 7) is 9.78. The number of carbonyl (C=O) groups is 2. The Bertz CT molecular complexity index is 710. The molecule has 1 N–H and O–H groups in total.